The van der Waals surface area contributed by atoms with Crippen LogP contribution in [0.15, 0.2) is 41.3 Å². The first-order valence-corrected chi connectivity index (χ1v) is 9.72. The van der Waals surface area contributed by atoms with E-state index in [1.165, 1.54) is 18.2 Å². The number of hydrogen-bond acceptors (Lipinski definition) is 6. The molecule has 0 aliphatic carbocycles. The van der Waals surface area contributed by atoms with Crippen molar-refractivity contribution in [2.45, 2.75) is 18.2 Å². The summed E-state index contributed by atoms with van der Waals surface area (Å²) in [7, 11) is -3.64. The number of amides is 1. The maximum atomic E-state index is 12.5. The van der Waals surface area contributed by atoms with Crippen molar-refractivity contribution in [1.29, 1.82) is 0 Å². The number of anilines is 1. The van der Waals surface area contributed by atoms with Gasteiger partial charge in [0.1, 0.15) is 19.0 Å². The van der Waals surface area contributed by atoms with Gasteiger partial charge < -0.3 is 19.9 Å². The van der Waals surface area contributed by atoms with Gasteiger partial charge in [0, 0.05) is 24.2 Å². The predicted octanol–water partition coefficient (Wildman–Crippen LogP) is 2.27. The topological polar surface area (TPSA) is 102 Å². The lowest BCUT2D eigenvalue weighted by Gasteiger charge is -2.18. The van der Waals surface area contributed by atoms with Crippen LogP contribution in [0.5, 0.6) is 17.2 Å². The van der Waals surface area contributed by atoms with E-state index < -0.39 is 15.7 Å². The molecule has 0 fully saturated rings. The lowest BCUT2D eigenvalue weighted by atomic mass is 10.2. The van der Waals surface area contributed by atoms with Crippen LogP contribution in [0.4, 0.5) is 5.69 Å². The van der Waals surface area contributed by atoms with Crippen molar-refractivity contribution >= 4 is 21.4 Å². The Kier molecular flexibility index (Phi) is 5.03. The molecule has 2 N–H and O–H groups in total. The second-order valence-corrected chi connectivity index (χ2v) is 8.03. The molecule has 0 aromatic heterocycles. The van der Waals surface area contributed by atoms with Gasteiger partial charge in [-0.2, -0.15) is 0 Å². The van der Waals surface area contributed by atoms with Gasteiger partial charge in [-0.25, -0.2) is 8.42 Å². The first-order valence-electron chi connectivity index (χ1n) is 8.07. The molecule has 8 heteroatoms. The molecule has 3 rings (SSSR count). The smallest absolute Gasteiger partial charge is 0.225 e. The summed E-state index contributed by atoms with van der Waals surface area (Å²) in [5.74, 6) is 0.168. The lowest BCUT2D eigenvalue weighted by molar-refractivity contribution is -0.115. The molecule has 1 amide bonds. The number of phenols is 1. The molecule has 2 aromatic carbocycles. The fourth-order valence-corrected chi connectivity index (χ4v) is 3.72. The Hall–Kier alpha value is -2.74. The number of phenolic OH excluding ortho intramolecular Hbond substituents is 1. The van der Waals surface area contributed by atoms with E-state index in [2.05, 4.69) is 5.32 Å². The third-order valence-electron chi connectivity index (χ3n) is 3.96. The summed E-state index contributed by atoms with van der Waals surface area (Å²) in [4.78, 5) is 12.1. The van der Waals surface area contributed by atoms with Gasteiger partial charge in [0.15, 0.2) is 21.3 Å². The SMILES string of the molecule is Cc1ccc(NC(=O)CCS(=O)(=O)c2ccc3c(c2)OCCO3)cc1O. The Bertz CT molecular complexity index is 939. The van der Waals surface area contributed by atoms with Crippen molar-refractivity contribution in [1.82, 2.24) is 0 Å². The predicted molar refractivity (Wildman–Crippen MR) is 95.6 cm³/mol. The summed E-state index contributed by atoms with van der Waals surface area (Å²) >= 11 is 0. The molecule has 0 saturated heterocycles. The number of aryl methyl sites for hydroxylation is 1. The number of sulfone groups is 1. The molecular weight excluding hydrogens is 358 g/mol. The fraction of sp³-hybridized carbons (Fsp3) is 0.278. The standard InChI is InChI=1S/C18H19NO6S/c1-12-2-3-13(10-15(12)20)19-18(21)6-9-26(22,23)14-4-5-16-17(11-14)25-8-7-24-16/h2-5,10-11,20H,6-9H2,1H3,(H,19,21). The number of benzene rings is 2. The Morgan fingerprint density at radius 1 is 1.12 bits per heavy atom. The number of carbonyl (C=O) groups excluding carboxylic acids is 1. The lowest BCUT2D eigenvalue weighted by Crippen LogP contribution is -2.18. The van der Waals surface area contributed by atoms with Crippen LogP contribution in [-0.4, -0.2) is 38.4 Å². The van der Waals surface area contributed by atoms with E-state index in [-0.39, 0.29) is 22.8 Å². The van der Waals surface area contributed by atoms with E-state index in [0.29, 0.717) is 36.0 Å². The van der Waals surface area contributed by atoms with Crippen LogP contribution in [0.3, 0.4) is 0 Å². The number of carbonyl (C=O) groups is 1. The summed E-state index contributed by atoms with van der Waals surface area (Å²) in [6.45, 7) is 2.52. The molecule has 0 radical (unpaired) electrons. The summed E-state index contributed by atoms with van der Waals surface area (Å²) in [6.07, 6.45) is -0.203. The van der Waals surface area contributed by atoms with Gasteiger partial charge in [-0.1, -0.05) is 6.07 Å². The normalized spacial score (nSPS) is 13.3. The number of fused-ring (bicyclic) bond motifs is 1. The van der Waals surface area contributed by atoms with Crippen molar-refractivity contribution in [3.05, 3.63) is 42.0 Å². The Balaban J connectivity index is 1.64. The maximum Gasteiger partial charge on any atom is 0.225 e. The van der Waals surface area contributed by atoms with Crippen molar-refractivity contribution < 1.29 is 27.8 Å². The van der Waals surface area contributed by atoms with Gasteiger partial charge in [-0.15, -0.1) is 0 Å². The van der Waals surface area contributed by atoms with Crippen LogP contribution in [0.2, 0.25) is 0 Å². The minimum Gasteiger partial charge on any atom is -0.508 e. The van der Waals surface area contributed by atoms with Crippen molar-refractivity contribution in [3.8, 4) is 17.2 Å². The molecule has 0 bridgehead atoms. The average molecular weight is 377 g/mol. The summed E-state index contributed by atoms with van der Waals surface area (Å²) in [6, 6.07) is 9.14. The highest BCUT2D eigenvalue weighted by molar-refractivity contribution is 7.91. The summed E-state index contributed by atoms with van der Waals surface area (Å²) < 4.78 is 35.7. The van der Waals surface area contributed by atoms with Gasteiger partial charge >= 0.3 is 0 Å². The van der Waals surface area contributed by atoms with Crippen LogP contribution < -0.4 is 14.8 Å². The first kappa shape index (κ1) is 18.1. The number of ether oxygens (including phenoxy) is 2. The Morgan fingerprint density at radius 2 is 1.85 bits per heavy atom. The van der Waals surface area contributed by atoms with Crippen LogP contribution in [0, 0.1) is 6.92 Å². The minimum absolute atomic E-state index is 0.0618. The molecule has 7 nitrogen and oxygen atoms in total. The van der Waals surface area contributed by atoms with Crippen LogP contribution in [0.1, 0.15) is 12.0 Å². The highest BCUT2D eigenvalue weighted by atomic mass is 32.2. The summed E-state index contributed by atoms with van der Waals surface area (Å²) in [5.41, 5.74) is 1.10. The fourth-order valence-electron chi connectivity index (χ4n) is 2.47. The number of nitrogens with one attached hydrogen (secondary N) is 1. The van der Waals surface area contributed by atoms with Gasteiger partial charge in [-0.05, 0) is 30.7 Å². The van der Waals surface area contributed by atoms with Crippen LogP contribution >= 0.6 is 0 Å². The molecule has 26 heavy (non-hydrogen) atoms. The van der Waals surface area contributed by atoms with E-state index in [4.69, 9.17) is 9.47 Å². The monoisotopic (exact) mass is 377 g/mol. The second kappa shape index (κ2) is 7.25. The molecule has 138 valence electrons. The molecule has 0 spiro atoms. The van der Waals surface area contributed by atoms with Crippen LogP contribution in [0.25, 0.3) is 0 Å². The minimum atomic E-state index is -3.64. The van der Waals surface area contributed by atoms with Gasteiger partial charge in [0.2, 0.25) is 5.91 Å². The largest absolute Gasteiger partial charge is 0.508 e. The van der Waals surface area contributed by atoms with E-state index >= 15 is 0 Å². The third kappa shape index (κ3) is 4.08. The zero-order valence-electron chi connectivity index (χ0n) is 14.2. The van der Waals surface area contributed by atoms with E-state index in [9.17, 15) is 18.3 Å². The number of aromatic hydroxyl groups is 1. The molecule has 0 saturated carbocycles. The average Bonchev–Trinajstić information content (AvgIpc) is 2.63. The van der Waals surface area contributed by atoms with Crippen LogP contribution in [-0.2, 0) is 14.6 Å². The first-order chi connectivity index (χ1) is 12.3. The van der Waals surface area contributed by atoms with Crippen molar-refractivity contribution in [2.24, 2.45) is 0 Å². The number of rotatable bonds is 5. The van der Waals surface area contributed by atoms with Gasteiger partial charge in [0.05, 0.1) is 10.6 Å². The highest BCUT2D eigenvalue weighted by Crippen LogP contribution is 2.32. The molecule has 1 heterocycles. The second-order valence-electron chi connectivity index (χ2n) is 5.92. The number of hydrogen-bond donors (Lipinski definition) is 2. The quantitative estimate of drug-likeness (QED) is 0.829. The zero-order chi connectivity index (χ0) is 18.7. The molecule has 1 aliphatic heterocycles. The molecule has 0 unspecified atom stereocenters. The van der Waals surface area contributed by atoms with Crippen molar-refractivity contribution in [2.75, 3.05) is 24.3 Å². The van der Waals surface area contributed by atoms with Gasteiger partial charge in [-0.3, -0.25) is 4.79 Å². The molecule has 0 atom stereocenters. The zero-order valence-corrected chi connectivity index (χ0v) is 15.0. The van der Waals surface area contributed by atoms with Gasteiger partial charge in [0.25, 0.3) is 0 Å². The van der Waals surface area contributed by atoms with E-state index in [1.54, 1.807) is 25.1 Å². The van der Waals surface area contributed by atoms with Crippen molar-refractivity contribution in [3.63, 3.8) is 0 Å². The Morgan fingerprint density at radius 3 is 2.58 bits per heavy atom. The summed E-state index contributed by atoms with van der Waals surface area (Å²) in [5, 5.41) is 12.2. The Labute approximate surface area is 151 Å². The van der Waals surface area contributed by atoms with E-state index in [1.807, 2.05) is 0 Å². The maximum absolute atomic E-state index is 12.5. The molecule has 1 aliphatic rings. The third-order valence-corrected chi connectivity index (χ3v) is 5.68. The highest BCUT2D eigenvalue weighted by Gasteiger charge is 2.20. The molecule has 2 aromatic rings. The van der Waals surface area contributed by atoms with E-state index in [0.717, 1.165) is 0 Å². The molecular formula is C18H19NO6S.